The predicted octanol–water partition coefficient (Wildman–Crippen LogP) is 2.54. The second-order valence-electron chi connectivity index (χ2n) is 5.03. The number of hydrogen-bond acceptors (Lipinski definition) is 2. The van der Waals surface area contributed by atoms with Crippen LogP contribution in [0.1, 0.15) is 11.1 Å². The Hall–Kier alpha value is -1.85. The highest BCUT2D eigenvalue weighted by Crippen LogP contribution is 2.29. The van der Waals surface area contributed by atoms with E-state index in [1.165, 1.54) is 30.3 Å². The minimum atomic E-state index is -1.06. The summed E-state index contributed by atoms with van der Waals surface area (Å²) in [7, 11) is 0. The summed E-state index contributed by atoms with van der Waals surface area (Å²) < 4.78 is 40.6. The van der Waals surface area contributed by atoms with Gasteiger partial charge in [-0.1, -0.05) is 18.2 Å². The van der Waals surface area contributed by atoms with Gasteiger partial charge in [-0.25, -0.2) is 13.2 Å². The molecule has 1 unspecified atom stereocenters. The van der Waals surface area contributed by atoms with E-state index >= 15 is 0 Å². The van der Waals surface area contributed by atoms with Gasteiger partial charge < -0.3 is 10.8 Å². The number of halogens is 3. The van der Waals surface area contributed by atoms with Crippen molar-refractivity contribution in [2.24, 2.45) is 5.73 Å². The van der Waals surface area contributed by atoms with Crippen molar-refractivity contribution in [1.82, 2.24) is 0 Å². The highest BCUT2D eigenvalue weighted by atomic mass is 19.1. The number of aliphatic hydroxyl groups is 1. The lowest BCUT2D eigenvalue weighted by atomic mass is 9.76. The summed E-state index contributed by atoms with van der Waals surface area (Å²) in [5.41, 5.74) is 5.08. The zero-order chi connectivity index (χ0) is 15.5. The summed E-state index contributed by atoms with van der Waals surface area (Å²) in [5, 5.41) is 9.72. The van der Waals surface area contributed by atoms with Crippen molar-refractivity contribution in [3.05, 3.63) is 71.0 Å². The highest BCUT2D eigenvalue weighted by Gasteiger charge is 2.32. The van der Waals surface area contributed by atoms with Crippen LogP contribution in [-0.4, -0.2) is 18.3 Å². The monoisotopic (exact) mass is 295 g/mol. The summed E-state index contributed by atoms with van der Waals surface area (Å²) >= 11 is 0. The first kappa shape index (κ1) is 15.5. The van der Waals surface area contributed by atoms with E-state index in [-0.39, 0.29) is 18.5 Å². The average molecular weight is 295 g/mol. The van der Waals surface area contributed by atoms with E-state index in [2.05, 4.69) is 0 Å². The molecule has 0 aliphatic carbocycles. The van der Waals surface area contributed by atoms with Crippen molar-refractivity contribution in [1.29, 1.82) is 0 Å². The van der Waals surface area contributed by atoms with Crippen LogP contribution in [-0.2, 0) is 11.8 Å². The molecule has 2 aromatic rings. The average Bonchev–Trinajstić information content (AvgIpc) is 2.49. The topological polar surface area (TPSA) is 46.2 Å². The summed E-state index contributed by atoms with van der Waals surface area (Å²) in [4.78, 5) is 0. The van der Waals surface area contributed by atoms with E-state index in [4.69, 9.17) is 5.73 Å². The van der Waals surface area contributed by atoms with Gasteiger partial charge in [0.2, 0.25) is 0 Å². The minimum absolute atomic E-state index is 0.0249. The Morgan fingerprint density at radius 3 is 2.00 bits per heavy atom. The lowest BCUT2D eigenvalue weighted by Crippen LogP contribution is -2.41. The van der Waals surface area contributed by atoms with E-state index in [1.54, 1.807) is 0 Å². The molecule has 0 radical (unpaired) electrons. The molecule has 2 rings (SSSR count). The van der Waals surface area contributed by atoms with Crippen LogP contribution >= 0.6 is 0 Å². The lowest BCUT2D eigenvalue weighted by Gasteiger charge is -2.31. The van der Waals surface area contributed by atoms with Gasteiger partial charge in [-0.3, -0.25) is 0 Å². The maximum Gasteiger partial charge on any atom is 0.129 e. The van der Waals surface area contributed by atoms with Crippen molar-refractivity contribution in [2.45, 2.75) is 11.8 Å². The van der Waals surface area contributed by atoms with Gasteiger partial charge in [0.1, 0.15) is 17.5 Å². The van der Waals surface area contributed by atoms with Crippen molar-refractivity contribution in [3.63, 3.8) is 0 Å². The molecular formula is C16H16F3NO. The molecule has 0 aliphatic rings. The molecule has 0 amide bonds. The maximum absolute atomic E-state index is 13.8. The molecule has 2 aromatic carbocycles. The number of rotatable bonds is 5. The Morgan fingerprint density at radius 1 is 0.952 bits per heavy atom. The molecule has 21 heavy (non-hydrogen) atoms. The van der Waals surface area contributed by atoms with Crippen LogP contribution in [0.25, 0.3) is 0 Å². The first-order valence-corrected chi connectivity index (χ1v) is 6.52. The Labute approximate surface area is 121 Å². The first-order valence-electron chi connectivity index (χ1n) is 6.52. The second-order valence-corrected chi connectivity index (χ2v) is 5.03. The third-order valence-corrected chi connectivity index (χ3v) is 3.73. The zero-order valence-corrected chi connectivity index (χ0v) is 11.3. The molecule has 0 saturated heterocycles. The van der Waals surface area contributed by atoms with Crippen LogP contribution in [0.5, 0.6) is 0 Å². The number of hydrogen-bond donors (Lipinski definition) is 2. The van der Waals surface area contributed by atoms with Crippen molar-refractivity contribution >= 4 is 0 Å². The van der Waals surface area contributed by atoms with E-state index in [0.29, 0.717) is 5.56 Å². The molecule has 0 aliphatic heterocycles. The Balaban J connectivity index is 2.45. The predicted molar refractivity (Wildman–Crippen MR) is 74.3 cm³/mol. The minimum Gasteiger partial charge on any atom is -0.395 e. The van der Waals surface area contributed by atoms with Gasteiger partial charge in [0.15, 0.2) is 0 Å². The molecule has 0 spiro atoms. The Bertz CT molecular complexity index is 589. The van der Waals surface area contributed by atoms with E-state index < -0.39 is 29.5 Å². The number of nitrogens with two attached hydrogens (primary N) is 1. The van der Waals surface area contributed by atoms with Gasteiger partial charge in [-0.05, 0) is 36.2 Å². The van der Waals surface area contributed by atoms with E-state index in [0.717, 1.165) is 12.1 Å². The van der Waals surface area contributed by atoms with Crippen LogP contribution in [0.3, 0.4) is 0 Å². The Morgan fingerprint density at radius 2 is 1.52 bits per heavy atom. The summed E-state index contributed by atoms with van der Waals surface area (Å²) in [5.74, 6) is -1.81. The normalized spacial score (nSPS) is 14.0. The molecule has 3 N–H and O–H groups in total. The molecule has 0 bridgehead atoms. The van der Waals surface area contributed by atoms with Gasteiger partial charge in [-0.2, -0.15) is 0 Å². The maximum atomic E-state index is 13.8. The summed E-state index contributed by atoms with van der Waals surface area (Å²) in [6.07, 6.45) is -0.107. The van der Waals surface area contributed by atoms with Gasteiger partial charge in [0.25, 0.3) is 0 Å². The molecule has 112 valence electrons. The fourth-order valence-electron chi connectivity index (χ4n) is 2.35. The molecule has 0 fully saturated rings. The standard InChI is InChI=1S/C16H16F3NO/c17-12-6-4-11(5-7-12)16(9-20,10-21)8-13-14(18)2-1-3-15(13)19/h1-7,21H,8-10,20H2. The number of benzene rings is 2. The Kier molecular flexibility index (Phi) is 4.65. The summed E-state index contributed by atoms with van der Waals surface area (Å²) in [6.45, 7) is -0.425. The fraction of sp³-hybridized carbons (Fsp3) is 0.250. The number of aliphatic hydroxyl groups excluding tert-OH is 1. The lowest BCUT2D eigenvalue weighted by molar-refractivity contribution is 0.194. The van der Waals surface area contributed by atoms with Crippen molar-refractivity contribution < 1.29 is 18.3 Å². The van der Waals surface area contributed by atoms with E-state index in [9.17, 15) is 18.3 Å². The molecule has 0 heterocycles. The van der Waals surface area contributed by atoms with Crippen LogP contribution in [0, 0.1) is 17.5 Å². The SMILES string of the molecule is NCC(CO)(Cc1c(F)cccc1F)c1ccc(F)cc1. The zero-order valence-electron chi connectivity index (χ0n) is 11.3. The van der Waals surface area contributed by atoms with Crippen LogP contribution < -0.4 is 5.73 Å². The van der Waals surface area contributed by atoms with Gasteiger partial charge >= 0.3 is 0 Å². The van der Waals surface area contributed by atoms with Crippen LogP contribution in [0.15, 0.2) is 42.5 Å². The van der Waals surface area contributed by atoms with Gasteiger partial charge in [0, 0.05) is 17.5 Å². The molecule has 1 atom stereocenters. The van der Waals surface area contributed by atoms with Crippen molar-refractivity contribution in [2.75, 3.05) is 13.2 Å². The van der Waals surface area contributed by atoms with Crippen LogP contribution in [0.4, 0.5) is 13.2 Å². The largest absolute Gasteiger partial charge is 0.395 e. The van der Waals surface area contributed by atoms with Crippen molar-refractivity contribution in [3.8, 4) is 0 Å². The third-order valence-electron chi connectivity index (χ3n) is 3.73. The first-order chi connectivity index (χ1) is 10.0. The third kappa shape index (κ3) is 3.09. The molecular weight excluding hydrogens is 279 g/mol. The van der Waals surface area contributed by atoms with E-state index in [1.807, 2.05) is 0 Å². The van der Waals surface area contributed by atoms with Gasteiger partial charge in [0.05, 0.1) is 6.61 Å². The molecule has 5 heteroatoms. The smallest absolute Gasteiger partial charge is 0.129 e. The van der Waals surface area contributed by atoms with Gasteiger partial charge in [-0.15, -0.1) is 0 Å². The fourth-order valence-corrected chi connectivity index (χ4v) is 2.35. The molecule has 0 saturated carbocycles. The second kappa shape index (κ2) is 6.28. The molecule has 2 nitrogen and oxygen atoms in total. The van der Waals surface area contributed by atoms with Crippen LogP contribution in [0.2, 0.25) is 0 Å². The summed E-state index contributed by atoms with van der Waals surface area (Å²) in [6, 6.07) is 8.98. The highest BCUT2D eigenvalue weighted by molar-refractivity contribution is 5.32. The molecule has 0 aromatic heterocycles. The quantitative estimate of drug-likeness (QED) is 0.890.